The minimum Gasteiger partial charge on any atom is -0.493 e. The zero-order valence-electron chi connectivity index (χ0n) is 18.6. The molecular weight excluding hydrogens is 425 g/mol. The first kappa shape index (κ1) is 21.1. The van der Waals surface area contributed by atoms with Gasteiger partial charge in [0.15, 0.2) is 17.3 Å². The first-order valence-corrected chi connectivity index (χ1v) is 10.7. The lowest BCUT2D eigenvalue weighted by molar-refractivity contribution is -0.118. The van der Waals surface area contributed by atoms with Gasteiger partial charge in [0, 0.05) is 23.3 Å². The molecule has 1 aliphatic carbocycles. The number of ether oxygens (including phenoxy) is 2. The van der Waals surface area contributed by atoms with Gasteiger partial charge in [-0.2, -0.15) is 4.68 Å². The molecule has 0 radical (unpaired) electrons. The molecule has 170 valence electrons. The molecule has 2 aliphatic rings. The third-order valence-corrected chi connectivity index (χ3v) is 6.04. The minimum absolute atomic E-state index is 0.0652. The van der Waals surface area contributed by atoms with E-state index in [4.69, 9.17) is 9.47 Å². The van der Waals surface area contributed by atoms with Crippen LogP contribution in [0.5, 0.6) is 11.5 Å². The second kappa shape index (κ2) is 7.99. The largest absolute Gasteiger partial charge is 0.493 e. The number of carbonyl (C=O) groups is 1. The number of Topliss-reactive ketones (excluding diaryl/α,β-unsaturated/α-hetero) is 1. The van der Waals surface area contributed by atoms with Gasteiger partial charge in [0.05, 0.1) is 7.11 Å². The van der Waals surface area contributed by atoms with Crippen molar-refractivity contribution in [2.75, 3.05) is 12.4 Å². The Balaban J connectivity index is 1.51. The number of hydrogen-bond donors (Lipinski definition) is 1. The number of anilines is 1. The fourth-order valence-electron chi connectivity index (χ4n) is 4.52. The van der Waals surface area contributed by atoms with Gasteiger partial charge in [-0.05, 0) is 46.0 Å². The van der Waals surface area contributed by atoms with Crippen molar-refractivity contribution in [3.8, 4) is 11.5 Å². The van der Waals surface area contributed by atoms with E-state index in [2.05, 4.69) is 34.7 Å². The Morgan fingerprint density at radius 2 is 2.00 bits per heavy atom. The molecule has 5 rings (SSSR count). The highest BCUT2D eigenvalue weighted by Gasteiger charge is 2.42. The quantitative estimate of drug-likeness (QED) is 0.628. The van der Waals surface area contributed by atoms with Crippen LogP contribution in [0.15, 0.2) is 53.7 Å². The van der Waals surface area contributed by atoms with Gasteiger partial charge in [-0.3, -0.25) is 4.79 Å². The Hall–Kier alpha value is -3.75. The van der Waals surface area contributed by atoms with Crippen LogP contribution in [0.4, 0.5) is 10.3 Å². The van der Waals surface area contributed by atoms with Crippen LogP contribution in [0.2, 0.25) is 0 Å². The van der Waals surface area contributed by atoms with Crippen LogP contribution in [0.1, 0.15) is 43.9 Å². The number of allylic oxidation sites excluding steroid dienone is 2. The number of nitrogens with one attached hydrogen (secondary N) is 1. The molecule has 2 heterocycles. The van der Waals surface area contributed by atoms with Gasteiger partial charge < -0.3 is 14.8 Å². The number of ketones is 1. The predicted octanol–water partition coefficient (Wildman–Crippen LogP) is 4.06. The van der Waals surface area contributed by atoms with E-state index in [1.807, 2.05) is 12.1 Å². The average Bonchev–Trinajstić information content (AvgIpc) is 3.24. The smallest absolute Gasteiger partial charge is 0.248 e. The normalized spacial score (nSPS) is 18.9. The summed E-state index contributed by atoms with van der Waals surface area (Å²) in [5, 5.41) is 15.3. The number of benzene rings is 2. The Labute approximate surface area is 190 Å². The standard InChI is InChI=1S/C24H24FN5O3/c1-24(2)11-17-21(18(31)12-24)22(30-23(26-17)27-28-29-30)14-8-9-19(20(10-14)32-3)33-13-15-6-4-5-7-16(15)25/h4-10,22H,11-13H2,1-3H3,(H,26,27,29). The molecule has 1 atom stereocenters. The van der Waals surface area contributed by atoms with Crippen molar-refractivity contribution in [2.45, 2.75) is 39.3 Å². The fourth-order valence-corrected chi connectivity index (χ4v) is 4.52. The first-order chi connectivity index (χ1) is 15.9. The van der Waals surface area contributed by atoms with Gasteiger partial charge in [-0.25, -0.2) is 4.39 Å². The van der Waals surface area contributed by atoms with Gasteiger partial charge in [-0.1, -0.05) is 43.2 Å². The minimum atomic E-state index is -0.482. The van der Waals surface area contributed by atoms with E-state index in [-0.39, 0.29) is 23.6 Å². The van der Waals surface area contributed by atoms with Crippen molar-refractivity contribution >= 4 is 11.7 Å². The SMILES string of the molecule is COc1cc(C2C3=C(CC(C)(C)CC3=O)Nc3nnnn32)ccc1OCc1ccccc1F. The highest BCUT2D eigenvalue weighted by molar-refractivity contribution is 6.00. The lowest BCUT2D eigenvalue weighted by Crippen LogP contribution is -2.36. The van der Waals surface area contributed by atoms with Gasteiger partial charge in [0.2, 0.25) is 5.95 Å². The zero-order valence-corrected chi connectivity index (χ0v) is 18.6. The number of halogens is 1. The lowest BCUT2D eigenvalue weighted by Gasteiger charge is -2.37. The topological polar surface area (TPSA) is 91.2 Å². The van der Waals surface area contributed by atoms with Crippen molar-refractivity contribution in [1.82, 2.24) is 20.2 Å². The molecule has 8 nitrogen and oxygen atoms in total. The first-order valence-electron chi connectivity index (χ1n) is 10.7. The molecule has 1 aromatic heterocycles. The van der Waals surface area contributed by atoms with Crippen LogP contribution in [0.3, 0.4) is 0 Å². The summed E-state index contributed by atoms with van der Waals surface area (Å²) >= 11 is 0. The third kappa shape index (κ3) is 3.83. The Kier molecular flexibility index (Phi) is 5.11. The number of rotatable bonds is 5. The highest BCUT2D eigenvalue weighted by atomic mass is 19.1. The summed E-state index contributed by atoms with van der Waals surface area (Å²) in [5.74, 6) is 1.18. The van der Waals surface area contributed by atoms with E-state index in [1.165, 1.54) is 6.07 Å². The van der Waals surface area contributed by atoms with Crippen molar-refractivity contribution in [3.05, 3.63) is 70.7 Å². The molecule has 0 saturated carbocycles. The average molecular weight is 449 g/mol. The van der Waals surface area contributed by atoms with Crippen molar-refractivity contribution < 1.29 is 18.7 Å². The number of nitrogens with zero attached hydrogens (tertiary/aromatic N) is 4. The van der Waals surface area contributed by atoms with E-state index in [1.54, 1.807) is 36.1 Å². The lowest BCUT2D eigenvalue weighted by atomic mass is 9.73. The maximum Gasteiger partial charge on any atom is 0.248 e. The van der Waals surface area contributed by atoms with Gasteiger partial charge >= 0.3 is 0 Å². The van der Waals surface area contributed by atoms with E-state index in [0.29, 0.717) is 35.0 Å². The molecule has 0 bridgehead atoms. The monoisotopic (exact) mass is 449 g/mol. The number of carbonyl (C=O) groups excluding carboxylic acids is 1. The van der Waals surface area contributed by atoms with Crippen molar-refractivity contribution in [3.63, 3.8) is 0 Å². The zero-order chi connectivity index (χ0) is 23.2. The number of hydrogen-bond acceptors (Lipinski definition) is 7. The maximum absolute atomic E-state index is 14.0. The molecule has 0 saturated heterocycles. The molecule has 0 amide bonds. The van der Waals surface area contributed by atoms with Gasteiger partial charge in [-0.15, -0.1) is 0 Å². The van der Waals surface area contributed by atoms with Crippen LogP contribution in [-0.2, 0) is 11.4 Å². The predicted molar refractivity (Wildman–Crippen MR) is 118 cm³/mol. The molecule has 1 unspecified atom stereocenters. The second-order valence-corrected chi connectivity index (χ2v) is 9.10. The summed E-state index contributed by atoms with van der Waals surface area (Å²) in [7, 11) is 1.54. The molecule has 1 N–H and O–H groups in total. The molecular formula is C24H24FN5O3. The molecule has 3 aromatic rings. The van der Waals surface area contributed by atoms with Crippen molar-refractivity contribution in [1.29, 1.82) is 0 Å². The summed E-state index contributed by atoms with van der Waals surface area (Å²) in [6, 6.07) is 11.4. The summed E-state index contributed by atoms with van der Waals surface area (Å²) in [6.07, 6.45) is 1.17. The van der Waals surface area contributed by atoms with Crippen LogP contribution in [0.25, 0.3) is 0 Å². The molecule has 33 heavy (non-hydrogen) atoms. The third-order valence-electron chi connectivity index (χ3n) is 6.04. The Morgan fingerprint density at radius 1 is 1.18 bits per heavy atom. The van der Waals surface area contributed by atoms with Crippen LogP contribution >= 0.6 is 0 Å². The fraction of sp³-hybridized carbons (Fsp3) is 0.333. The van der Waals surface area contributed by atoms with Gasteiger partial charge in [0.25, 0.3) is 0 Å². The van der Waals surface area contributed by atoms with Crippen molar-refractivity contribution in [2.24, 2.45) is 5.41 Å². The van der Waals surface area contributed by atoms with E-state index < -0.39 is 6.04 Å². The molecule has 9 heteroatoms. The summed E-state index contributed by atoms with van der Waals surface area (Å²) in [4.78, 5) is 13.2. The maximum atomic E-state index is 14.0. The molecule has 1 aliphatic heterocycles. The molecule has 0 spiro atoms. The van der Waals surface area contributed by atoms with Crippen LogP contribution < -0.4 is 14.8 Å². The number of tetrazole rings is 1. The van der Waals surface area contributed by atoms with E-state index in [9.17, 15) is 9.18 Å². The number of methoxy groups -OCH3 is 1. The molecule has 2 aromatic carbocycles. The summed E-state index contributed by atoms with van der Waals surface area (Å²) in [5.41, 5.74) is 2.61. The second-order valence-electron chi connectivity index (χ2n) is 9.10. The highest BCUT2D eigenvalue weighted by Crippen LogP contribution is 2.46. The summed E-state index contributed by atoms with van der Waals surface area (Å²) in [6.45, 7) is 4.22. The van der Waals surface area contributed by atoms with E-state index >= 15 is 0 Å². The molecule has 0 fully saturated rings. The Morgan fingerprint density at radius 3 is 2.79 bits per heavy atom. The Bertz CT molecular complexity index is 1270. The number of aromatic nitrogens is 4. The van der Waals surface area contributed by atoms with Crippen LogP contribution in [-0.4, -0.2) is 33.1 Å². The number of fused-ring (bicyclic) bond motifs is 1. The van der Waals surface area contributed by atoms with Crippen LogP contribution in [0, 0.1) is 11.2 Å². The summed E-state index contributed by atoms with van der Waals surface area (Å²) < 4.78 is 27.0. The van der Waals surface area contributed by atoms with Gasteiger partial charge in [0.1, 0.15) is 18.5 Å². The van der Waals surface area contributed by atoms with E-state index in [0.717, 1.165) is 17.7 Å².